The molecule has 0 aliphatic carbocycles. The maximum atomic E-state index is 10.8. The average molecular weight is 370 g/mol. The molecule has 0 bridgehead atoms. The Labute approximate surface area is 157 Å². The van der Waals surface area contributed by atoms with Crippen molar-refractivity contribution in [3.63, 3.8) is 0 Å². The van der Waals surface area contributed by atoms with Crippen LogP contribution >= 0.6 is 0 Å². The van der Waals surface area contributed by atoms with Crippen molar-refractivity contribution < 1.29 is 9.85 Å². The lowest BCUT2D eigenvalue weighted by Gasteiger charge is -2.35. The third kappa shape index (κ3) is 4.52. The molecule has 0 aromatic heterocycles. The molecule has 142 valence electrons. The third-order valence-corrected chi connectivity index (χ3v) is 5.07. The van der Waals surface area contributed by atoms with E-state index in [9.17, 15) is 20.2 Å². The fourth-order valence-corrected chi connectivity index (χ4v) is 3.48. The minimum atomic E-state index is -0.391. The van der Waals surface area contributed by atoms with E-state index in [0.717, 1.165) is 43.9 Å². The van der Waals surface area contributed by atoms with E-state index >= 15 is 0 Å². The smallest absolute Gasteiger partial charge is 0.269 e. The number of benzene rings is 2. The van der Waals surface area contributed by atoms with Crippen molar-refractivity contribution in [1.82, 2.24) is 0 Å². The largest absolute Gasteiger partial charge is 0.374 e. The lowest BCUT2D eigenvalue weighted by molar-refractivity contribution is -0.385. The minimum Gasteiger partial charge on any atom is -0.374 e. The number of piperidine rings is 1. The first kappa shape index (κ1) is 18.6. The lowest BCUT2D eigenvalue weighted by atomic mass is 9.95. The van der Waals surface area contributed by atoms with Crippen molar-refractivity contribution in [2.24, 2.45) is 5.92 Å². The molecule has 0 saturated carbocycles. The standard InChI is InChI=1S/C19H22N4O4/c1-20(16-2-6-18(7-3-16)22(24)25)14-15-10-12-21(13-11-15)17-4-8-19(9-5-17)23(26)27/h2-9,15H,10-14H2,1H3. The summed E-state index contributed by atoms with van der Waals surface area (Å²) in [6.45, 7) is 2.72. The van der Waals surface area contributed by atoms with E-state index < -0.39 is 4.92 Å². The second kappa shape index (κ2) is 8.03. The number of nitro groups is 2. The van der Waals surface area contributed by atoms with Crippen LogP contribution in [0.3, 0.4) is 0 Å². The molecule has 0 spiro atoms. The Morgan fingerprint density at radius 2 is 1.41 bits per heavy atom. The van der Waals surface area contributed by atoms with Crippen molar-refractivity contribution in [3.8, 4) is 0 Å². The second-order valence-corrected chi connectivity index (χ2v) is 6.86. The van der Waals surface area contributed by atoms with Crippen LogP contribution in [0.2, 0.25) is 0 Å². The first-order valence-electron chi connectivity index (χ1n) is 8.89. The van der Waals surface area contributed by atoms with E-state index in [0.29, 0.717) is 5.92 Å². The van der Waals surface area contributed by atoms with Gasteiger partial charge in [-0.1, -0.05) is 0 Å². The predicted molar refractivity (Wildman–Crippen MR) is 104 cm³/mol. The summed E-state index contributed by atoms with van der Waals surface area (Å²) < 4.78 is 0. The van der Waals surface area contributed by atoms with E-state index in [1.165, 1.54) is 12.1 Å². The van der Waals surface area contributed by atoms with Gasteiger partial charge in [0.15, 0.2) is 0 Å². The molecule has 0 atom stereocenters. The molecule has 27 heavy (non-hydrogen) atoms. The van der Waals surface area contributed by atoms with Gasteiger partial charge in [-0.25, -0.2) is 0 Å². The molecule has 8 nitrogen and oxygen atoms in total. The van der Waals surface area contributed by atoms with Crippen molar-refractivity contribution in [2.75, 3.05) is 36.5 Å². The fourth-order valence-electron chi connectivity index (χ4n) is 3.48. The number of hydrogen-bond acceptors (Lipinski definition) is 6. The van der Waals surface area contributed by atoms with Gasteiger partial charge in [0, 0.05) is 62.3 Å². The van der Waals surface area contributed by atoms with Crippen LogP contribution in [0.4, 0.5) is 22.7 Å². The molecule has 0 unspecified atom stereocenters. The summed E-state index contributed by atoms with van der Waals surface area (Å²) in [4.78, 5) is 25.1. The monoisotopic (exact) mass is 370 g/mol. The molecule has 1 saturated heterocycles. The highest BCUT2D eigenvalue weighted by molar-refractivity contribution is 5.52. The molecule has 0 radical (unpaired) electrons. The fraction of sp³-hybridized carbons (Fsp3) is 0.368. The lowest BCUT2D eigenvalue weighted by Crippen LogP contribution is -2.37. The molecule has 1 heterocycles. The van der Waals surface area contributed by atoms with Crippen molar-refractivity contribution in [1.29, 1.82) is 0 Å². The highest BCUT2D eigenvalue weighted by atomic mass is 16.6. The molecule has 1 fully saturated rings. The van der Waals surface area contributed by atoms with Crippen LogP contribution in [0.1, 0.15) is 12.8 Å². The van der Waals surface area contributed by atoms with E-state index in [2.05, 4.69) is 9.80 Å². The normalized spacial score (nSPS) is 14.8. The van der Waals surface area contributed by atoms with Crippen LogP contribution in [0, 0.1) is 26.1 Å². The predicted octanol–water partition coefficient (Wildman–Crippen LogP) is 3.86. The Bertz CT molecular complexity index is 799. The third-order valence-electron chi connectivity index (χ3n) is 5.07. The summed E-state index contributed by atoms with van der Waals surface area (Å²) in [5.41, 5.74) is 2.20. The van der Waals surface area contributed by atoms with Crippen LogP contribution in [0.25, 0.3) is 0 Å². The number of nitrogens with zero attached hydrogens (tertiary/aromatic N) is 4. The SMILES string of the molecule is CN(CC1CCN(c2ccc([N+](=O)[O-])cc2)CC1)c1ccc([N+](=O)[O-])cc1. The molecule has 1 aliphatic rings. The van der Waals surface area contributed by atoms with E-state index in [1.807, 2.05) is 19.2 Å². The first-order chi connectivity index (χ1) is 12.9. The molecule has 0 amide bonds. The van der Waals surface area contributed by atoms with Crippen LogP contribution in [-0.2, 0) is 0 Å². The van der Waals surface area contributed by atoms with E-state index in [4.69, 9.17) is 0 Å². The summed E-state index contributed by atoms with van der Waals surface area (Å²) >= 11 is 0. The van der Waals surface area contributed by atoms with E-state index in [1.54, 1.807) is 24.3 Å². The van der Waals surface area contributed by atoms with Gasteiger partial charge in [-0.2, -0.15) is 0 Å². The maximum Gasteiger partial charge on any atom is 0.269 e. The highest BCUT2D eigenvalue weighted by Crippen LogP contribution is 2.27. The van der Waals surface area contributed by atoms with Crippen LogP contribution < -0.4 is 9.80 Å². The maximum absolute atomic E-state index is 10.8. The summed E-state index contributed by atoms with van der Waals surface area (Å²) in [5.74, 6) is 0.541. The Kier molecular flexibility index (Phi) is 5.54. The Morgan fingerprint density at radius 1 is 0.926 bits per heavy atom. The van der Waals surface area contributed by atoms with E-state index in [-0.39, 0.29) is 16.3 Å². The highest BCUT2D eigenvalue weighted by Gasteiger charge is 2.21. The summed E-state index contributed by atoms with van der Waals surface area (Å²) in [5, 5.41) is 21.5. The zero-order valence-corrected chi connectivity index (χ0v) is 15.2. The quantitative estimate of drug-likeness (QED) is 0.566. The van der Waals surface area contributed by atoms with Gasteiger partial charge in [0.1, 0.15) is 0 Å². The van der Waals surface area contributed by atoms with Gasteiger partial charge in [-0.05, 0) is 43.0 Å². The Morgan fingerprint density at radius 3 is 1.89 bits per heavy atom. The summed E-state index contributed by atoms with van der Waals surface area (Å²) in [6, 6.07) is 13.3. The number of nitro benzene ring substituents is 2. The van der Waals surface area contributed by atoms with Gasteiger partial charge in [0.25, 0.3) is 11.4 Å². The average Bonchev–Trinajstić information content (AvgIpc) is 2.68. The minimum absolute atomic E-state index is 0.101. The van der Waals surface area contributed by atoms with Crippen molar-refractivity contribution in [3.05, 3.63) is 68.8 Å². The molecule has 8 heteroatoms. The number of rotatable bonds is 6. The molecule has 1 aliphatic heterocycles. The molecule has 3 rings (SSSR count). The molecular weight excluding hydrogens is 348 g/mol. The number of non-ortho nitro benzene ring substituents is 2. The number of hydrogen-bond donors (Lipinski definition) is 0. The second-order valence-electron chi connectivity index (χ2n) is 6.86. The molecule has 2 aromatic rings. The van der Waals surface area contributed by atoms with Gasteiger partial charge < -0.3 is 9.80 Å². The Balaban J connectivity index is 1.52. The summed E-state index contributed by atoms with van der Waals surface area (Å²) in [7, 11) is 2.00. The molecular formula is C19H22N4O4. The van der Waals surface area contributed by atoms with Crippen molar-refractivity contribution in [2.45, 2.75) is 12.8 Å². The van der Waals surface area contributed by atoms with Gasteiger partial charge in [0.2, 0.25) is 0 Å². The molecule has 0 N–H and O–H groups in total. The van der Waals surface area contributed by atoms with Gasteiger partial charge >= 0.3 is 0 Å². The zero-order chi connectivity index (χ0) is 19.4. The summed E-state index contributed by atoms with van der Waals surface area (Å²) in [6.07, 6.45) is 2.07. The van der Waals surface area contributed by atoms with Gasteiger partial charge in [-0.15, -0.1) is 0 Å². The van der Waals surface area contributed by atoms with Gasteiger partial charge in [-0.3, -0.25) is 20.2 Å². The first-order valence-corrected chi connectivity index (χ1v) is 8.89. The number of anilines is 2. The van der Waals surface area contributed by atoms with Crippen molar-refractivity contribution >= 4 is 22.7 Å². The van der Waals surface area contributed by atoms with Crippen LogP contribution in [-0.4, -0.2) is 36.5 Å². The van der Waals surface area contributed by atoms with Crippen LogP contribution in [0.5, 0.6) is 0 Å². The van der Waals surface area contributed by atoms with Crippen LogP contribution in [0.15, 0.2) is 48.5 Å². The molecule has 2 aromatic carbocycles. The Hall–Kier alpha value is -3.16. The topological polar surface area (TPSA) is 92.8 Å². The van der Waals surface area contributed by atoms with Gasteiger partial charge in [0.05, 0.1) is 9.85 Å². The zero-order valence-electron chi connectivity index (χ0n) is 15.2.